The summed E-state index contributed by atoms with van der Waals surface area (Å²) in [5.41, 5.74) is 3.47. The Hall–Kier alpha value is -1.31. The van der Waals surface area contributed by atoms with E-state index in [0.717, 1.165) is 49.9 Å². The lowest BCUT2D eigenvalue weighted by molar-refractivity contribution is 0.622. The Kier molecular flexibility index (Phi) is 6.48. The highest BCUT2D eigenvalue weighted by Crippen LogP contribution is 2.15. The largest absolute Gasteiger partial charge is 0.388 e. The SMILES string of the molecule is C=C(CC)NCCc1ccc(F)cc1CCCC. The Balaban J connectivity index is 2.60. The molecule has 0 bridgehead atoms. The second-order valence-electron chi connectivity index (χ2n) is 4.65. The molecule has 0 aliphatic rings. The van der Waals surface area contributed by atoms with Crippen molar-refractivity contribution in [2.24, 2.45) is 0 Å². The van der Waals surface area contributed by atoms with E-state index in [1.54, 1.807) is 12.1 Å². The van der Waals surface area contributed by atoms with Crippen LogP contribution in [0.1, 0.15) is 44.2 Å². The number of unbranched alkanes of at least 4 members (excludes halogenated alkanes) is 1. The second-order valence-corrected chi connectivity index (χ2v) is 4.65. The molecule has 0 spiro atoms. The van der Waals surface area contributed by atoms with Gasteiger partial charge < -0.3 is 5.32 Å². The fraction of sp³-hybridized carbons (Fsp3) is 0.500. The van der Waals surface area contributed by atoms with Crippen LogP contribution < -0.4 is 5.32 Å². The lowest BCUT2D eigenvalue weighted by atomic mass is 9.99. The van der Waals surface area contributed by atoms with Crippen LogP contribution in [0.4, 0.5) is 4.39 Å². The first-order chi connectivity index (χ1) is 8.67. The maximum atomic E-state index is 13.2. The fourth-order valence-electron chi connectivity index (χ4n) is 1.94. The molecule has 18 heavy (non-hydrogen) atoms. The molecule has 0 saturated heterocycles. The van der Waals surface area contributed by atoms with Crippen molar-refractivity contribution in [3.05, 3.63) is 47.4 Å². The van der Waals surface area contributed by atoms with Crippen LogP contribution in [0.25, 0.3) is 0 Å². The van der Waals surface area contributed by atoms with E-state index in [1.165, 1.54) is 5.56 Å². The van der Waals surface area contributed by atoms with Gasteiger partial charge in [-0.2, -0.15) is 0 Å². The number of benzene rings is 1. The number of rotatable bonds is 8. The molecule has 0 aliphatic heterocycles. The molecule has 0 aromatic heterocycles. The Morgan fingerprint density at radius 2 is 2.00 bits per heavy atom. The van der Waals surface area contributed by atoms with Gasteiger partial charge >= 0.3 is 0 Å². The molecule has 1 N–H and O–H groups in total. The van der Waals surface area contributed by atoms with E-state index in [2.05, 4.69) is 25.7 Å². The standard InChI is InChI=1S/C16H24FN/c1-4-6-7-15-12-16(17)9-8-14(15)10-11-18-13(3)5-2/h8-9,12,18H,3-7,10-11H2,1-2H3. The Labute approximate surface area is 110 Å². The average Bonchev–Trinajstić information content (AvgIpc) is 2.38. The lowest BCUT2D eigenvalue weighted by Gasteiger charge is -2.11. The van der Waals surface area contributed by atoms with Crippen LogP contribution in [0.2, 0.25) is 0 Å². The van der Waals surface area contributed by atoms with Gasteiger partial charge in [-0.05, 0) is 48.9 Å². The van der Waals surface area contributed by atoms with Gasteiger partial charge in [0.05, 0.1) is 0 Å². The van der Waals surface area contributed by atoms with Gasteiger partial charge in [-0.1, -0.05) is 32.9 Å². The quantitative estimate of drug-likeness (QED) is 0.727. The Bertz CT molecular complexity index is 385. The van der Waals surface area contributed by atoms with Gasteiger partial charge in [0, 0.05) is 12.2 Å². The Morgan fingerprint density at radius 1 is 1.22 bits per heavy atom. The zero-order chi connectivity index (χ0) is 13.4. The van der Waals surface area contributed by atoms with Crippen molar-refractivity contribution in [2.75, 3.05) is 6.54 Å². The first kappa shape index (κ1) is 14.7. The topological polar surface area (TPSA) is 12.0 Å². The third-order valence-corrected chi connectivity index (χ3v) is 3.16. The third kappa shape index (κ3) is 4.91. The molecule has 0 radical (unpaired) electrons. The molecule has 0 saturated carbocycles. The molecule has 0 atom stereocenters. The van der Waals surface area contributed by atoms with Crippen LogP contribution in [0, 0.1) is 5.82 Å². The van der Waals surface area contributed by atoms with E-state index in [-0.39, 0.29) is 5.82 Å². The number of nitrogens with one attached hydrogen (secondary N) is 1. The van der Waals surface area contributed by atoms with Crippen molar-refractivity contribution in [1.29, 1.82) is 0 Å². The maximum absolute atomic E-state index is 13.2. The molecule has 2 heteroatoms. The van der Waals surface area contributed by atoms with Gasteiger partial charge in [0.25, 0.3) is 0 Å². The van der Waals surface area contributed by atoms with Gasteiger partial charge in [-0.15, -0.1) is 0 Å². The number of hydrogen-bond donors (Lipinski definition) is 1. The normalized spacial score (nSPS) is 10.4. The van der Waals surface area contributed by atoms with Crippen molar-refractivity contribution >= 4 is 0 Å². The molecular formula is C16H24FN. The van der Waals surface area contributed by atoms with E-state index in [4.69, 9.17) is 0 Å². The van der Waals surface area contributed by atoms with Crippen molar-refractivity contribution in [2.45, 2.75) is 46.0 Å². The monoisotopic (exact) mass is 249 g/mol. The summed E-state index contributed by atoms with van der Waals surface area (Å²) in [6.45, 7) is 9.03. The number of halogens is 1. The van der Waals surface area contributed by atoms with Gasteiger partial charge in [-0.3, -0.25) is 0 Å². The minimum Gasteiger partial charge on any atom is -0.388 e. The molecule has 0 unspecified atom stereocenters. The van der Waals surface area contributed by atoms with Crippen LogP contribution in [-0.2, 0) is 12.8 Å². The van der Waals surface area contributed by atoms with E-state index in [0.29, 0.717) is 0 Å². The van der Waals surface area contributed by atoms with Gasteiger partial charge in [0.15, 0.2) is 0 Å². The number of allylic oxidation sites excluding steroid dienone is 1. The average molecular weight is 249 g/mol. The maximum Gasteiger partial charge on any atom is 0.123 e. The van der Waals surface area contributed by atoms with E-state index in [1.807, 2.05) is 6.07 Å². The van der Waals surface area contributed by atoms with Gasteiger partial charge in [0.1, 0.15) is 5.82 Å². The summed E-state index contributed by atoms with van der Waals surface area (Å²) in [4.78, 5) is 0. The first-order valence-electron chi connectivity index (χ1n) is 6.86. The summed E-state index contributed by atoms with van der Waals surface area (Å²) >= 11 is 0. The smallest absolute Gasteiger partial charge is 0.123 e. The zero-order valence-electron chi connectivity index (χ0n) is 11.6. The number of aryl methyl sites for hydroxylation is 1. The highest BCUT2D eigenvalue weighted by molar-refractivity contribution is 5.28. The fourth-order valence-corrected chi connectivity index (χ4v) is 1.94. The molecule has 1 nitrogen and oxygen atoms in total. The number of hydrogen-bond acceptors (Lipinski definition) is 1. The molecule has 1 rings (SSSR count). The van der Waals surface area contributed by atoms with Crippen LogP contribution in [-0.4, -0.2) is 6.54 Å². The van der Waals surface area contributed by atoms with E-state index < -0.39 is 0 Å². The minimum atomic E-state index is -0.129. The minimum absolute atomic E-state index is 0.129. The van der Waals surface area contributed by atoms with Crippen LogP contribution in [0.3, 0.4) is 0 Å². The van der Waals surface area contributed by atoms with Crippen LogP contribution >= 0.6 is 0 Å². The summed E-state index contributed by atoms with van der Waals surface area (Å²) in [7, 11) is 0. The molecule has 1 aromatic rings. The third-order valence-electron chi connectivity index (χ3n) is 3.16. The van der Waals surface area contributed by atoms with Crippen molar-refractivity contribution < 1.29 is 4.39 Å². The summed E-state index contributed by atoms with van der Waals surface area (Å²) in [5.74, 6) is -0.129. The molecule has 1 aromatic carbocycles. The summed E-state index contributed by atoms with van der Waals surface area (Å²) in [6, 6.07) is 5.15. The molecule has 0 fully saturated rings. The summed E-state index contributed by atoms with van der Waals surface area (Å²) < 4.78 is 13.2. The molecular weight excluding hydrogens is 225 g/mol. The molecule has 0 heterocycles. The lowest BCUT2D eigenvalue weighted by Crippen LogP contribution is -2.16. The molecule has 100 valence electrons. The van der Waals surface area contributed by atoms with E-state index >= 15 is 0 Å². The molecule has 0 amide bonds. The van der Waals surface area contributed by atoms with E-state index in [9.17, 15) is 4.39 Å². The van der Waals surface area contributed by atoms with Gasteiger partial charge in [-0.25, -0.2) is 4.39 Å². The second kappa shape index (κ2) is 7.91. The summed E-state index contributed by atoms with van der Waals surface area (Å²) in [6.07, 6.45) is 5.11. The van der Waals surface area contributed by atoms with Crippen molar-refractivity contribution in [1.82, 2.24) is 5.32 Å². The van der Waals surface area contributed by atoms with Crippen molar-refractivity contribution in [3.8, 4) is 0 Å². The zero-order valence-corrected chi connectivity index (χ0v) is 11.6. The summed E-state index contributed by atoms with van der Waals surface area (Å²) in [5, 5.41) is 3.29. The highest BCUT2D eigenvalue weighted by atomic mass is 19.1. The predicted octanol–water partition coefficient (Wildman–Crippen LogP) is 4.22. The predicted molar refractivity (Wildman–Crippen MR) is 76.1 cm³/mol. The Morgan fingerprint density at radius 3 is 2.67 bits per heavy atom. The van der Waals surface area contributed by atoms with Crippen LogP contribution in [0.15, 0.2) is 30.5 Å². The highest BCUT2D eigenvalue weighted by Gasteiger charge is 2.04. The first-order valence-corrected chi connectivity index (χ1v) is 6.86. The van der Waals surface area contributed by atoms with Crippen molar-refractivity contribution in [3.63, 3.8) is 0 Å². The van der Waals surface area contributed by atoms with Crippen LogP contribution in [0.5, 0.6) is 0 Å². The van der Waals surface area contributed by atoms with Gasteiger partial charge in [0.2, 0.25) is 0 Å². The molecule has 0 aliphatic carbocycles.